The zero-order valence-electron chi connectivity index (χ0n) is 11.4. The van der Waals surface area contributed by atoms with Gasteiger partial charge in [0.15, 0.2) is 0 Å². The Labute approximate surface area is 121 Å². The van der Waals surface area contributed by atoms with Crippen molar-refractivity contribution in [2.75, 3.05) is 36.0 Å². The van der Waals surface area contributed by atoms with Crippen molar-refractivity contribution in [3.8, 4) is 0 Å². The summed E-state index contributed by atoms with van der Waals surface area (Å²) in [5, 5.41) is 0. The van der Waals surface area contributed by atoms with Crippen LogP contribution in [0.3, 0.4) is 0 Å². The van der Waals surface area contributed by atoms with E-state index in [0.717, 1.165) is 31.9 Å². The van der Waals surface area contributed by atoms with E-state index in [9.17, 15) is 8.78 Å². The van der Waals surface area contributed by atoms with Gasteiger partial charge in [-0.2, -0.15) is 0 Å². The summed E-state index contributed by atoms with van der Waals surface area (Å²) >= 11 is 0. The molecule has 0 spiro atoms. The number of hydrogen-bond donors (Lipinski definition) is 0. The molecule has 0 saturated carbocycles. The highest BCUT2D eigenvalue weighted by Gasteiger charge is 2.20. The molecule has 2 aromatic heterocycles. The topological polar surface area (TPSA) is 45.2 Å². The molecule has 0 radical (unpaired) electrons. The summed E-state index contributed by atoms with van der Waals surface area (Å²) in [6.45, 7) is 3.07. The Balaban J connectivity index is 1.67. The minimum Gasteiger partial charge on any atom is -0.367 e. The van der Waals surface area contributed by atoms with Crippen LogP contribution < -0.4 is 9.80 Å². The molecule has 1 fully saturated rings. The van der Waals surface area contributed by atoms with Crippen LogP contribution in [0.2, 0.25) is 0 Å². The minimum atomic E-state index is -2.57. The zero-order chi connectivity index (χ0) is 14.7. The minimum absolute atomic E-state index is 0.227. The fourth-order valence-corrected chi connectivity index (χ4v) is 2.39. The Morgan fingerprint density at radius 3 is 2.48 bits per heavy atom. The maximum atomic E-state index is 12.7. The van der Waals surface area contributed by atoms with Crippen LogP contribution in [0, 0.1) is 0 Å². The first-order chi connectivity index (χ1) is 10.2. The van der Waals surface area contributed by atoms with E-state index in [4.69, 9.17) is 0 Å². The van der Waals surface area contributed by atoms with Crippen LogP contribution in [0.5, 0.6) is 0 Å². The molecule has 0 amide bonds. The van der Waals surface area contributed by atoms with E-state index in [2.05, 4.69) is 19.9 Å². The van der Waals surface area contributed by atoms with E-state index in [-0.39, 0.29) is 5.69 Å². The summed E-state index contributed by atoms with van der Waals surface area (Å²) in [6, 6.07) is 5.29. The van der Waals surface area contributed by atoms with Gasteiger partial charge in [0.1, 0.15) is 17.8 Å². The summed E-state index contributed by atoms with van der Waals surface area (Å²) in [7, 11) is 0. The van der Waals surface area contributed by atoms with E-state index in [1.165, 1.54) is 12.4 Å². The van der Waals surface area contributed by atoms with Gasteiger partial charge >= 0.3 is 0 Å². The third kappa shape index (κ3) is 3.07. The Morgan fingerprint density at radius 2 is 1.81 bits per heavy atom. The molecule has 1 aliphatic heterocycles. The summed E-state index contributed by atoms with van der Waals surface area (Å²) in [4.78, 5) is 16.0. The van der Waals surface area contributed by atoms with Crippen molar-refractivity contribution in [1.29, 1.82) is 0 Å². The molecule has 0 unspecified atom stereocenters. The van der Waals surface area contributed by atoms with Gasteiger partial charge in [0.2, 0.25) is 0 Å². The number of anilines is 2. The highest BCUT2D eigenvalue weighted by atomic mass is 19.3. The molecular weight excluding hydrogens is 276 g/mol. The second-order valence-corrected chi connectivity index (χ2v) is 4.79. The number of nitrogens with zero attached hydrogens (tertiary/aromatic N) is 5. The van der Waals surface area contributed by atoms with E-state index in [1.54, 1.807) is 6.20 Å². The average molecular weight is 291 g/mol. The Hall–Kier alpha value is -2.31. The SMILES string of the molecule is FC(F)c1cc(N2CCN(c3cccnc3)CC2)ncn1. The van der Waals surface area contributed by atoms with Gasteiger partial charge in [0.05, 0.1) is 11.9 Å². The normalized spacial score (nSPS) is 15.6. The molecule has 3 heterocycles. The molecule has 0 atom stereocenters. The lowest BCUT2D eigenvalue weighted by molar-refractivity contribution is 0.146. The second-order valence-electron chi connectivity index (χ2n) is 4.79. The van der Waals surface area contributed by atoms with Crippen LogP contribution in [0.15, 0.2) is 36.9 Å². The van der Waals surface area contributed by atoms with E-state index in [0.29, 0.717) is 5.82 Å². The largest absolute Gasteiger partial charge is 0.367 e. The van der Waals surface area contributed by atoms with Gasteiger partial charge in [-0.1, -0.05) is 0 Å². The van der Waals surface area contributed by atoms with Crippen molar-refractivity contribution < 1.29 is 8.78 Å². The monoisotopic (exact) mass is 291 g/mol. The third-order valence-corrected chi connectivity index (χ3v) is 3.51. The lowest BCUT2D eigenvalue weighted by Gasteiger charge is -2.36. The van der Waals surface area contributed by atoms with Crippen molar-refractivity contribution in [2.24, 2.45) is 0 Å². The van der Waals surface area contributed by atoms with E-state index in [1.807, 2.05) is 23.2 Å². The molecule has 0 aromatic carbocycles. The number of aromatic nitrogens is 3. The first-order valence-electron chi connectivity index (χ1n) is 6.74. The third-order valence-electron chi connectivity index (χ3n) is 3.51. The molecule has 0 bridgehead atoms. The molecule has 0 aliphatic carbocycles. The fraction of sp³-hybridized carbons (Fsp3) is 0.357. The van der Waals surface area contributed by atoms with Crippen LogP contribution in [0.25, 0.3) is 0 Å². The standard InChI is InChI=1S/C14H15F2N5/c15-14(16)12-8-13(19-10-18-12)21-6-4-20(5-7-21)11-2-1-3-17-9-11/h1-3,8-10,14H,4-7H2. The zero-order valence-corrected chi connectivity index (χ0v) is 11.4. The molecule has 0 N–H and O–H groups in total. The van der Waals surface area contributed by atoms with Crippen LogP contribution >= 0.6 is 0 Å². The number of hydrogen-bond acceptors (Lipinski definition) is 5. The van der Waals surface area contributed by atoms with Crippen LogP contribution in [-0.2, 0) is 0 Å². The molecule has 1 aliphatic rings. The van der Waals surface area contributed by atoms with Crippen molar-refractivity contribution in [1.82, 2.24) is 15.0 Å². The van der Waals surface area contributed by atoms with E-state index < -0.39 is 6.43 Å². The first kappa shape index (κ1) is 13.7. The van der Waals surface area contributed by atoms with Gasteiger partial charge in [-0.3, -0.25) is 4.98 Å². The number of rotatable bonds is 3. The number of halogens is 2. The maximum absolute atomic E-state index is 12.7. The van der Waals surface area contributed by atoms with Crippen LogP contribution in [0.1, 0.15) is 12.1 Å². The quantitative estimate of drug-likeness (QED) is 0.867. The Morgan fingerprint density at radius 1 is 1.05 bits per heavy atom. The predicted molar refractivity (Wildman–Crippen MR) is 75.7 cm³/mol. The van der Waals surface area contributed by atoms with E-state index >= 15 is 0 Å². The number of pyridine rings is 1. The molecule has 2 aromatic rings. The fourth-order valence-electron chi connectivity index (χ4n) is 2.39. The highest BCUT2D eigenvalue weighted by Crippen LogP contribution is 2.22. The molecule has 5 nitrogen and oxygen atoms in total. The van der Waals surface area contributed by atoms with Gasteiger partial charge in [-0.25, -0.2) is 18.7 Å². The molecule has 7 heteroatoms. The second kappa shape index (κ2) is 5.99. The summed E-state index contributed by atoms with van der Waals surface area (Å²) in [6.07, 6.45) is 2.20. The predicted octanol–water partition coefficient (Wildman–Crippen LogP) is 2.14. The Kier molecular flexibility index (Phi) is 3.89. The molecular formula is C14H15F2N5. The Bertz CT molecular complexity index is 585. The molecule has 21 heavy (non-hydrogen) atoms. The number of alkyl halides is 2. The summed E-state index contributed by atoms with van der Waals surface area (Å²) in [5.74, 6) is 0.561. The average Bonchev–Trinajstić information content (AvgIpc) is 2.56. The lowest BCUT2D eigenvalue weighted by atomic mass is 10.2. The molecule has 1 saturated heterocycles. The van der Waals surface area contributed by atoms with Gasteiger partial charge in [0, 0.05) is 38.4 Å². The number of piperazine rings is 1. The van der Waals surface area contributed by atoms with Gasteiger partial charge < -0.3 is 9.80 Å². The van der Waals surface area contributed by atoms with Crippen molar-refractivity contribution in [3.05, 3.63) is 42.6 Å². The van der Waals surface area contributed by atoms with Crippen LogP contribution in [-0.4, -0.2) is 41.1 Å². The van der Waals surface area contributed by atoms with Crippen molar-refractivity contribution >= 4 is 11.5 Å². The van der Waals surface area contributed by atoms with Crippen molar-refractivity contribution in [3.63, 3.8) is 0 Å². The van der Waals surface area contributed by atoms with Gasteiger partial charge in [-0.05, 0) is 12.1 Å². The van der Waals surface area contributed by atoms with Gasteiger partial charge in [0.25, 0.3) is 6.43 Å². The summed E-state index contributed by atoms with van der Waals surface area (Å²) in [5.41, 5.74) is 0.850. The van der Waals surface area contributed by atoms with Crippen molar-refractivity contribution in [2.45, 2.75) is 6.43 Å². The summed E-state index contributed by atoms with van der Waals surface area (Å²) < 4.78 is 25.3. The molecule has 3 rings (SSSR count). The maximum Gasteiger partial charge on any atom is 0.280 e. The molecule has 110 valence electrons. The van der Waals surface area contributed by atoms with Gasteiger partial charge in [-0.15, -0.1) is 0 Å². The first-order valence-corrected chi connectivity index (χ1v) is 6.74. The smallest absolute Gasteiger partial charge is 0.280 e. The highest BCUT2D eigenvalue weighted by molar-refractivity contribution is 5.47. The van der Waals surface area contributed by atoms with Crippen LogP contribution in [0.4, 0.5) is 20.3 Å². The lowest BCUT2D eigenvalue weighted by Crippen LogP contribution is -2.46.